The van der Waals surface area contributed by atoms with Crippen molar-refractivity contribution in [3.8, 4) is 0 Å². The molecule has 1 saturated heterocycles. The lowest BCUT2D eigenvalue weighted by Gasteiger charge is -2.20. The average Bonchev–Trinajstić information content (AvgIpc) is 2.94. The van der Waals surface area contributed by atoms with Crippen molar-refractivity contribution < 1.29 is 18.6 Å². The topological polar surface area (TPSA) is 99.5 Å². The number of benzene rings is 2. The molecule has 1 aliphatic rings. The fourth-order valence-corrected chi connectivity index (χ4v) is 3.46. The van der Waals surface area contributed by atoms with Crippen LogP contribution in [0.5, 0.6) is 0 Å². The van der Waals surface area contributed by atoms with E-state index in [4.69, 9.17) is 4.74 Å². The molecule has 0 bridgehead atoms. The lowest BCUT2D eigenvalue weighted by atomic mass is 10.1. The van der Waals surface area contributed by atoms with Crippen molar-refractivity contribution in [2.24, 2.45) is 0 Å². The van der Waals surface area contributed by atoms with E-state index >= 15 is 0 Å². The lowest BCUT2D eigenvalue weighted by Crippen LogP contribution is -2.43. The third-order valence-corrected chi connectivity index (χ3v) is 4.80. The number of hydrogen-bond acceptors (Lipinski definition) is 5. The van der Waals surface area contributed by atoms with E-state index in [0.717, 1.165) is 17.5 Å². The third kappa shape index (κ3) is 5.05. The van der Waals surface area contributed by atoms with E-state index in [1.807, 2.05) is 48.5 Å². The van der Waals surface area contributed by atoms with Crippen LogP contribution in [0.2, 0.25) is 0 Å². The Labute approximate surface area is 160 Å². The Bertz CT molecular complexity index is 819. The first kappa shape index (κ1) is 18.9. The highest BCUT2D eigenvalue weighted by atomic mass is 32.2. The average molecular weight is 387 g/mol. The molecule has 0 spiro atoms. The molecule has 1 fully saturated rings. The van der Waals surface area contributed by atoms with Crippen LogP contribution in [-0.2, 0) is 16.0 Å². The smallest absolute Gasteiger partial charge is 0.329 e. The molecule has 1 aliphatic heterocycles. The summed E-state index contributed by atoms with van der Waals surface area (Å²) in [6, 6.07) is 17.9. The van der Waals surface area contributed by atoms with Crippen LogP contribution in [0.1, 0.15) is 5.56 Å². The minimum atomic E-state index is -1.36. The van der Waals surface area contributed by atoms with Gasteiger partial charge in [-0.25, -0.2) is 4.79 Å². The minimum absolute atomic E-state index is 0.0727. The number of nitroso groups, excluding NO2 is 1. The SMILES string of the molecule is O=C(NCCOC1(Cc2ccccc2)S[N+](=O)NC1=O)Nc1ccccc1. The van der Waals surface area contributed by atoms with E-state index in [0.29, 0.717) is 9.96 Å². The van der Waals surface area contributed by atoms with E-state index in [2.05, 4.69) is 16.1 Å². The largest absolute Gasteiger partial charge is 0.348 e. The van der Waals surface area contributed by atoms with Gasteiger partial charge in [0.25, 0.3) is 16.9 Å². The number of rotatable bonds is 7. The molecule has 0 aliphatic carbocycles. The Morgan fingerprint density at radius 3 is 2.41 bits per heavy atom. The van der Waals surface area contributed by atoms with Gasteiger partial charge in [-0.15, -0.1) is 0 Å². The Morgan fingerprint density at radius 2 is 1.78 bits per heavy atom. The summed E-state index contributed by atoms with van der Waals surface area (Å²) in [6.45, 7) is 0.255. The summed E-state index contributed by atoms with van der Waals surface area (Å²) >= 11 is 0.744. The van der Waals surface area contributed by atoms with E-state index in [1.54, 1.807) is 12.1 Å². The van der Waals surface area contributed by atoms with Gasteiger partial charge < -0.3 is 15.4 Å². The zero-order valence-electron chi connectivity index (χ0n) is 14.4. The van der Waals surface area contributed by atoms with Crippen LogP contribution in [0.4, 0.5) is 10.5 Å². The predicted octanol–water partition coefficient (Wildman–Crippen LogP) is 2.24. The molecule has 0 aromatic heterocycles. The monoisotopic (exact) mass is 387 g/mol. The van der Waals surface area contributed by atoms with Gasteiger partial charge in [-0.1, -0.05) is 54.0 Å². The van der Waals surface area contributed by atoms with Gasteiger partial charge in [0.2, 0.25) is 4.27 Å². The van der Waals surface area contributed by atoms with Gasteiger partial charge in [0.1, 0.15) is 0 Å². The Kier molecular flexibility index (Phi) is 6.05. The van der Waals surface area contributed by atoms with Crippen molar-refractivity contribution in [3.63, 3.8) is 0 Å². The molecule has 3 rings (SSSR count). The summed E-state index contributed by atoms with van der Waals surface area (Å²) in [4.78, 5) is 34.4. The number of nitrogens with one attached hydrogen (secondary N) is 3. The summed E-state index contributed by atoms with van der Waals surface area (Å²) in [6.07, 6.45) is 0.235. The second-order valence-corrected chi connectivity index (χ2v) is 6.97. The number of carbonyl (C=O) groups excluding carboxylic acids is 2. The highest BCUT2D eigenvalue weighted by Crippen LogP contribution is 2.35. The fourth-order valence-electron chi connectivity index (χ4n) is 2.56. The van der Waals surface area contributed by atoms with Gasteiger partial charge >= 0.3 is 11.9 Å². The molecule has 8 nitrogen and oxygen atoms in total. The maximum Gasteiger partial charge on any atom is 0.329 e. The maximum atomic E-state index is 12.3. The number of hydrogen-bond donors (Lipinski definition) is 3. The number of para-hydroxylation sites is 1. The Hall–Kier alpha value is -2.91. The van der Waals surface area contributed by atoms with Crippen LogP contribution >= 0.6 is 11.9 Å². The first-order chi connectivity index (χ1) is 13.1. The van der Waals surface area contributed by atoms with Crippen molar-refractivity contribution in [1.29, 1.82) is 0 Å². The number of ether oxygens (including phenoxy) is 1. The van der Waals surface area contributed by atoms with Crippen molar-refractivity contribution in [2.45, 2.75) is 11.4 Å². The van der Waals surface area contributed by atoms with E-state index in [1.165, 1.54) is 0 Å². The second kappa shape index (κ2) is 8.65. The molecule has 2 aromatic rings. The quantitative estimate of drug-likeness (QED) is 0.384. The maximum absolute atomic E-state index is 12.3. The van der Waals surface area contributed by atoms with Crippen molar-refractivity contribution in [1.82, 2.24) is 10.7 Å². The number of urea groups is 1. The van der Waals surface area contributed by atoms with Gasteiger partial charge in [0, 0.05) is 18.7 Å². The normalized spacial score (nSPS) is 18.8. The van der Waals surface area contributed by atoms with Crippen LogP contribution < -0.4 is 16.1 Å². The molecule has 0 radical (unpaired) electrons. The first-order valence-electron chi connectivity index (χ1n) is 8.33. The Balaban J connectivity index is 1.53. The van der Waals surface area contributed by atoms with E-state index in [9.17, 15) is 14.5 Å². The Morgan fingerprint density at radius 1 is 1.11 bits per heavy atom. The third-order valence-electron chi connectivity index (χ3n) is 3.80. The molecule has 9 heteroatoms. The number of hydrazine groups is 1. The van der Waals surface area contributed by atoms with Crippen molar-refractivity contribution in [3.05, 3.63) is 71.1 Å². The lowest BCUT2D eigenvalue weighted by molar-refractivity contribution is -0.421. The molecule has 1 atom stereocenters. The van der Waals surface area contributed by atoms with Gasteiger partial charge in [-0.3, -0.25) is 4.79 Å². The van der Waals surface area contributed by atoms with Gasteiger partial charge in [-0.05, 0) is 17.7 Å². The molecule has 1 heterocycles. The summed E-state index contributed by atoms with van der Waals surface area (Å²) < 4.78 is 6.13. The second-order valence-electron chi connectivity index (χ2n) is 5.80. The zero-order chi connectivity index (χ0) is 19.1. The van der Waals surface area contributed by atoms with Crippen LogP contribution in [0.25, 0.3) is 0 Å². The zero-order valence-corrected chi connectivity index (χ0v) is 15.2. The summed E-state index contributed by atoms with van der Waals surface area (Å²) in [5, 5.41) is 5.34. The molecular weight excluding hydrogens is 368 g/mol. The highest BCUT2D eigenvalue weighted by Gasteiger charge is 2.57. The fraction of sp³-hybridized carbons (Fsp3) is 0.222. The van der Waals surface area contributed by atoms with Crippen molar-refractivity contribution in [2.75, 3.05) is 18.5 Å². The van der Waals surface area contributed by atoms with Gasteiger partial charge in [-0.2, -0.15) is 0 Å². The molecule has 27 heavy (non-hydrogen) atoms. The first-order valence-corrected chi connectivity index (χ1v) is 9.10. The highest BCUT2D eigenvalue weighted by molar-refractivity contribution is 7.95. The molecule has 3 amide bonds. The van der Waals surface area contributed by atoms with E-state index < -0.39 is 10.8 Å². The summed E-state index contributed by atoms with van der Waals surface area (Å²) in [7, 11) is 0. The predicted molar refractivity (Wildman–Crippen MR) is 102 cm³/mol. The van der Waals surface area contributed by atoms with Crippen LogP contribution in [0.15, 0.2) is 60.7 Å². The van der Waals surface area contributed by atoms with Crippen LogP contribution in [0, 0.1) is 4.91 Å². The molecule has 2 aromatic carbocycles. The summed E-state index contributed by atoms with van der Waals surface area (Å²) in [5.41, 5.74) is 3.72. The van der Waals surface area contributed by atoms with Crippen LogP contribution in [-0.4, -0.2) is 34.3 Å². The summed E-state index contributed by atoms with van der Waals surface area (Å²) in [5.74, 6) is -0.514. The van der Waals surface area contributed by atoms with Gasteiger partial charge in [0.15, 0.2) is 0 Å². The van der Waals surface area contributed by atoms with Crippen LogP contribution in [0.3, 0.4) is 0 Å². The number of anilines is 1. The van der Waals surface area contributed by atoms with Gasteiger partial charge in [0.05, 0.1) is 11.5 Å². The minimum Gasteiger partial charge on any atom is -0.348 e. The molecule has 0 saturated carbocycles. The standard InChI is InChI=1S/C18H18N4O4S/c23-16-18(27-22(25)21-16,13-14-7-3-1-4-8-14)26-12-11-19-17(24)20-15-9-5-2-6-10-15/h1-10H,11-13H2,(H2-,19,20,21,23,24,25)/p+1. The van der Waals surface area contributed by atoms with E-state index in [-0.39, 0.29) is 25.6 Å². The van der Waals surface area contributed by atoms with Crippen molar-refractivity contribution >= 4 is 29.6 Å². The number of nitrogens with zero attached hydrogens (tertiary/aromatic N) is 1. The number of amides is 3. The molecule has 140 valence electrons. The molecular formula is C18H19N4O4S+. The molecule has 3 N–H and O–H groups in total. The molecule has 1 unspecified atom stereocenters. The number of carbonyl (C=O) groups is 2.